The van der Waals surface area contributed by atoms with E-state index in [-0.39, 0.29) is 34.7 Å². The highest BCUT2D eigenvalue weighted by Crippen LogP contribution is 2.72. The van der Waals surface area contributed by atoms with Gasteiger partial charge in [-0.1, -0.05) is 53.9 Å². The first kappa shape index (κ1) is 25.2. The van der Waals surface area contributed by atoms with Gasteiger partial charge in [0.05, 0.1) is 5.60 Å². The van der Waals surface area contributed by atoms with Crippen LogP contribution >= 0.6 is 0 Å². The molecule has 4 rings (SSSR count). The van der Waals surface area contributed by atoms with Crippen molar-refractivity contribution in [3.63, 3.8) is 0 Å². The Hall–Kier alpha value is -0.900. The van der Waals surface area contributed by atoms with E-state index in [0.717, 1.165) is 43.3 Å². The van der Waals surface area contributed by atoms with E-state index in [1.165, 1.54) is 45.4 Å². The van der Waals surface area contributed by atoms with Crippen molar-refractivity contribution in [3.8, 4) is 0 Å². The molecule has 0 spiro atoms. The predicted octanol–water partition coefficient (Wildman–Crippen LogP) is 6.19. The minimum Gasteiger partial charge on any atom is -0.462 e. The monoisotopic (exact) mass is 460 g/mol. The second-order valence-corrected chi connectivity index (χ2v) is 13.3. The Morgan fingerprint density at radius 2 is 1.79 bits per heavy atom. The van der Waals surface area contributed by atoms with Crippen molar-refractivity contribution >= 4 is 12.3 Å². The smallest absolute Gasteiger partial charge is 0.302 e. The van der Waals surface area contributed by atoms with Crippen LogP contribution in [-0.2, 0) is 14.3 Å². The zero-order valence-electron chi connectivity index (χ0n) is 21.9. The van der Waals surface area contributed by atoms with E-state index in [1.807, 2.05) is 0 Å². The molecular formula is C29H48O4. The van der Waals surface area contributed by atoms with Gasteiger partial charge in [-0.05, 0) is 79.4 Å². The summed E-state index contributed by atoms with van der Waals surface area (Å²) < 4.78 is 5.55. The van der Waals surface area contributed by atoms with Crippen LogP contribution in [0.25, 0.3) is 0 Å². The predicted molar refractivity (Wildman–Crippen MR) is 130 cm³/mol. The summed E-state index contributed by atoms with van der Waals surface area (Å²) in [5, 5.41) is 12.2. The Labute approximate surface area is 201 Å². The lowest BCUT2D eigenvalue weighted by molar-refractivity contribution is -0.174. The molecule has 0 aliphatic heterocycles. The average Bonchev–Trinajstić information content (AvgIpc) is 3.16. The molecule has 0 heterocycles. The van der Waals surface area contributed by atoms with Gasteiger partial charge in [0.1, 0.15) is 12.4 Å². The van der Waals surface area contributed by atoms with Crippen LogP contribution in [0.2, 0.25) is 0 Å². The molecule has 1 N–H and O–H groups in total. The summed E-state index contributed by atoms with van der Waals surface area (Å²) in [6, 6.07) is 0. The van der Waals surface area contributed by atoms with Gasteiger partial charge in [-0.2, -0.15) is 0 Å². The third kappa shape index (κ3) is 3.91. The molecule has 4 aliphatic rings. The Bertz CT molecular complexity index is 748. The van der Waals surface area contributed by atoms with Crippen molar-refractivity contribution in [2.24, 2.45) is 52.3 Å². The normalized spacial score (nSPS) is 47.5. The molecule has 4 aliphatic carbocycles. The fourth-order valence-electron chi connectivity index (χ4n) is 9.70. The molecule has 4 heteroatoms. The van der Waals surface area contributed by atoms with Gasteiger partial charge in [0, 0.05) is 24.7 Å². The lowest BCUT2D eigenvalue weighted by atomic mass is 9.53. The van der Waals surface area contributed by atoms with Crippen molar-refractivity contribution in [2.75, 3.05) is 0 Å². The molecule has 10 atom stereocenters. The van der Waals surface area contributed by atoms with Gasteiger partial charge in [-0.15, -0.1) is 0 Å². The minimum atomic E-state index is -1.06. The summed E-state index contributed by atoms with van der Waals surface area (Å²) in [4.78, 5) is 24.3. The Balaban J connectivity index is 1.58. The summed E-state index contributed by atoms with van der Waals surface area (Å²) in [6.45, 7) is 13.3. The third-order valence-electron chi connectivity index (χ3n) is 11.3. The standard InChI is InChI=1S/C29H48O4/c1-18(2)8-7-9-19(3)22-10-11-23-26-24(13-14-27(22,23)5)28(6)15-12-21(33-20(4)31)16-29(28,32)25(26)17-30/h17-19,21-26,32H,7-16H2,1-6H3/t19-,21+,22-,23+,24+,25-,26+,27-,28-,29-/m1/s1. The highest BCUT2D eigenvalue weighted by atomic mass is 16.5. The van der Waals surface area contributed by atoms with E-state index < -0.39 is 5.60 Å². The summed E-state index contributed by atoms with van der Waals surface area (Å²) >= 11 is 0. The molecule has 0 aromatic heterocycles. The molecule has 0 unspecified atom stereocenters. The van der Waals surface area contributed by atoms with Crippen LogP contribution in [0.1, 0.15) is 106 Å². The quantitative estimate of drug-likeness (QED) is 0.363. The maximum atomic E-state index is 12.6. The molecule has 4 saturated carbocycles. The van der Waals surface area contributed by atoms with Gasteiger partial charge in [-0.25, -0.2) is 0 Å². The summed E-state index contributed by atoms with van der Waals surface area (Å²) in [7, 11) is 0. The maximum Gasteiger partial charge on any atom is 0.302 e. The number of hydrogen-bond acceptors (Lipinski definition) is 4. The van der Waals surface area contributed by atoms with E-state index in [0.29, 0.717) is 18.3 Å². The molecule has 0 aromatic carbocycles. The second-order valence-electron chi connectivity index (χ2n) is 13.3. The van der Waals surface area contributed by atoms with E-state index >= 15 is 0 Å². The Morgan fingerprint density at radius 1 is 1.06 bits per heavy atom. The van der Waals surface area contributed by atoms with Gasteiger partial charge in [-0.3, -0.25) is 4.79 Å². The first-order valence-electron chi connectivity index (χ1n) is 13.8. The van der Waals surface area contributed by atoms with Crippen molar-refractivity contribution in [1.29, 1.82) is 0 Å². The zero-order chi connectivity index (χ0) is 24.2. The topological polar surface area (TPSA) is 63.6 Å². The number of rotatable bonds is 7. The van der Waals surface area contributed by atoms with E-state index in [1.54, 1.807) is 0 Å². The van der Waals surface area contributed by atoms with Crippen LogP contribution in [-0.4, -0.2) is 29.1 Å². The molecule has 0 bridgehead atoms. The van der Waals surface area contributed by atoms with E-state index in [2.05, 4.69) is 34.6 Å². The number of fused-ring (bicyclic) bond motifs is 5. The molecular weight excluding hydrogens is 412 g/mol. The van der Waals surface area contributed by atoms with E-state index in [9.17, 15) is 14.7 Å². The largest absolute Gasteiger partial charge is 0.462 e. The number of esters is 1. The second kappa shape index (κ2) is 8.95. The Kier molecular flexibility index (Phi) is 6.84. The first-order valence-corrected chi connectivity index (χ1v) is 13.8. The SMILES string of the molecule is CC(=O)O[C@H]1CC[C@]2(C)[C@H]3CC[C@]4(C)[C@@H]([C@H](C)CCCC(C)C)CC[C@H]4[C@@H]3[C@@H](C=O)[C@]2(O)C1. The van der Waals surface area contributed by atoms with Crippen molar-refractivity contribution < 1.29 is 19.4 Å². The fraction of sp³-hybridized carbons (Fsp3) is 0.931. The van der Waals surface area contributed by atoms with Crippen LogP contribution < -0.4 is 0 Å². The van der Waals surface area contributed by atoms with Crippen molar-refractivity contribution in [1.82, 2.24) is 0 Å². The molecule has 0 saturated heterocycles. The minimum absolute atomic E-state index is 0.262. The molecule has 4 fully saturated rings. The number of aliphatic hydroxyl groups is 1. The van der Waals surface area contributed by atoms with Gasteiger partial charge in [0.2, 0.25) is 0 Å². The lowest BCUT2D eigenvalue weighted by Gasteiger charge is -2.52. The fourth-order valence-corrected chi connectivity index (χ4v) is 9.70. The molecule has 0 radical (unpaired) electrons. The highest BCUT2D eigenvalue weighted by molar-refractivity contribution is 5.66. The number of aldehydes is 1. The average molecular weight is 461 g/mol. The molecule has 33 heavy (non-hydrogen) atoms. The van der Waals surface area contributed by atoms with Gasteiger partial charge in [0.15, 0.2) is 0 Å². The van der Waals surface area contributed by atoms with Gasteiger partial charge in [0.25, 0.3) is 0 Å². The first-order chi connectivity index (χ1) is 15.5. The number of ether oxygens (including phenoxy) is 1. The lowest BCUT2D eigenvalue weighted by Crippen LogP contribution is -2.55. The molecule has 188 valence electrons. The van der Waals surface area contributed by atoms with E-state index in [4.69, 9.17) is 4.74 Å². The van der Waals surface area contributed by atoms with Gasteiger partial charge < -0.3 is 14.6 Å². The van der Waals surface area contributed by atoms with Crippen LogP contribution in [0, 0.1) is 52.3 Å². The van der Waals surface area contributed by atoms with Crippen molar-refractivity contribution in [2.45, 2.75) is 117 Å². The summed E-state index contributed by atoms with van der Waals surface area (Å²) in [5.41, 5.74) is -1.05. The highest BCUT2D eigenvalue weighted by Gasteiger charge is 2.72. The van der Waals surface area contributed by atoms with Gasteiger partial charge >= 0.3 is 5.97 Å². The number of carbonyl (C=O) groups excluding carboxylic acids is 2. The summed E-state index contributed by atoms with van der Waals surface area (Å²) in [6.07, 6.45) is 11.6. The Morgan fingerprint density at radius 3 is 2.42 bits per heavy atom. The molecule has 4 nitrogen and oxygen atoms in total. The zero-order valence-corrected chi connectivity index (χ0v) is 21.9. The molecule has 0 amide bonds. The number of carbonyl (C=O) groups is 2. The third-order valence-corrected chi connectivity index (χ3v) is 11.3. The summed E-state index contributed by atoms with van der Waals surface area (Å²) in [5.74, 6) is 2.76. The van der Waals surface area contributed by atoms with Crippen LogP contribution in [0.15, 0.2) is 0 Å². The molecule has 0 aromatic rings. The van der Waals surface area contributed by atoms with Crippen LogP contribution in [0.5, 0.6) is 0 Å². The van der Waals surface area contributed by atoms with Crippen LogP contribution in [0.4, 0.5) is 0 Å². The van der Waals surface area contributed by atoms with Crippen LogP contribution in [0.3, 0.4) is 0 Å². The van der Waals surface area contributed by atoms with Crippen molar-refractivity contribution in [3.05, 3.63) is 0 Å². The maximum absolute atomic E-state index is 12.6. The number of hydrogen-bond donors (Lipinski definition) is 1.